The lowest BCUT2D eigenvalue weighted by molar-refractivity contribution is -0.128. The third kappa shape index (κ3) is 4.24. The lowest BCUT2D eigenvalue weighted by atomic mass is 9.86. The summed E-state index contributed by atoms with van der Waals surface area (Å²) >= 11 is 0. The Morgan fingerprint density at radius 2 is 1.87 bits per heavy atom. The second kappa shape index (κ2) is 6.60. The molecule has 0 radical (unpaired) electrons. The maximum atomic E-state index is 12.1. The average Bonchev–Trinajstić information content (AvgIpc) is 2.78. The van der Waals surface area contributed by atoms with Crippen LogP contribution in [-0.4, -0.2) is 36.5 Å². The fraction of sp³-hybridized carbons (Fsp3) is 0.556. The predicted octanol–water partition coefficient (Wildman–Crippen LogP) is 2.58. The molecule has 0 bridgehead atoms. The van der Waals surface area contributed by atoms with Gasteiger partial charge in [-0.2, -0.15) is 0 Å². The van der Waals surface area contributed by atoms with Gasteiger partial charge in [0, 0.05) is 13.6 Å². The van der Waals surface area contributed by atoms with E-state index in [1.54, 1.807) is 11.9 Å². The van der Waals surface area contributed by atoms with Gasteiger partial charge in [-0.1, -0.05) is 45.0 Å². The Morgan fingerprint density at radius 3 is 2.35 bits per heavy atom. The van der Waals surface area contributed by atoms with E-state index in [4.69, 9.17) is 0 Å². The SMILES string of the molecule is C[C@H](NC(=O)N[C@@H]1CCN(C)C1=O)c1ccc(C(C)(C)C)cc1. The third-order valence-electron chi connectivity index (χ3n) is 4.36. The second-order valence-corrected chi connectivity index (χ2v) is 7.31. The van der Waals surface area contributed by atoms with Crippen molar-refractivity contribution >= 4 is 11.9 Å². The molecule has 1 aliphatic heterocycles. The van der Waals surface area contributed by atoms with Gasteiger partial charge in [-0.25, -0.2) is 4.79 Å². The van der Waals surface area contributed by atoms with Crippen molar-refractivity contribution in [1.82, 2.24) is 15.5 Å². The van der Waals surface area contributed by atoms with E-state index >= 15 is 0 Å². The van der Waals surface area contributed by atoms with E-state index in [1.807, 2.05) is 19.1 Å². The molecule has 1 aromatic rings. The first kappa shape index (κ1) is 17.3. The molecule has 2 atom stereocenters. The molecule has 1 aromatic carbocycles. The normalized spacial score (nSPS) is 19.6. The molecular weight excluding hydrogens is 290 g/mol. The molecule has 0 aromatic heterocycles. The second-order valence-electron chi connectivity index (χ2n) is 7.31. The number of likely N-dealkylation sites (tertiary alicyclic amines) is 1. The zero-order valence-electron chi connectivity index (χ0n) is 14.6. The average molecular weight is 317 g/mol. The molecule has 1 heterocycles. The summed E-state index contributed by atoms with van der Waals surface area (Å²) in [6.07, 6.45) is 0.664. The first-order valence-corrected chi connectivity index (χ1v) is 8.11. The quantitative estimate of drug-likeness (QED) is 0.900. The van der Waals surface area contributed by atoms with Crippen LogP contribution in [0.3, 0.4) is 0 Å². The zero-order valence-corrected chi connectivity index (χ0v) is 14.6. The number of urea groups is 1. The monoisotopic (exact) mass is 317 g/mol. The highest BCUT2D eigenvalue weighted by Crippen LogP contribution is 2.23. The Labute approximate surface area is 138 Å². The summed E-state index contributed by atoms with van der Waals surface area (Å²) in [5.41, 5.74) is 2.42. The summed E-state index contributed by atoms with van der Waals surface area (Å²) in [5, 5.41) is 5.65. The number of hydrogen-bond acceptors (Lipinski definition) is 2. The molecule has 0 spiro atoms. The summed E-state index contributed by atoms with van der Waals surface area (Å²) in [7, 11) is 1.75. The Morgan fingerprint density at radius 1 is 1.26 bits per heavy atom. The van der Waals surface area contributed by atoms with E-state index in [-0.39, 0.29) is 23.4 Å². The van der Waals surface area contributed by atoms with E-state index in [9.17, 15) is 9.59 Å². The van der Waals surface area contributed by atoms with Gasteiger partial charge in [0.25, 0.3) is 0 Å². The Bertz CT molecular complexity index is 575. The number of nitrogens with one attached hydrogen (secondary N) is 2. The summed E-state index contributed by atoms with van der Waals surface area (Å²) in [4.78, 5) is 25.5. The van der Waals surface area contributed by atoms with Crippen molar-refractivity contribution in [2.75, 3.05) is 13.6 Å². The van der Waals surface area contributed by atoms with Crippen molar-refractivity contribution in [3.05, 3.63) is 35.4 Å². The number of likely N-dealkylation sites (N-methyl/N-ethyl adjacent to an activating group) is 1. The van der Waals surface area contributed by atoms with Gasteiger partial charge in [-0.05, 0) is 29.9 Å². The highest BCUT2D eigenvalue weighted by molar-refractivity contribution is 5.88. The van der Waals surface area contributed by atoms with Gasteiger partial charge in [0.1, 0.15) is 6.04 Å². The van der Waals surface area contributed by atoms with Gasteiger partial charge < -0.3 is 15.5 Å². The van der Waals surface area contributed by atoms with E-state index in [0.717, 1.165) is 5.56 Å². The minimum absolute atomic E-state index is 0.0256. The van der Waals surface area contributed by atoms with Gasteiger partial charge in [0.15, 0.2) is 0 Å². The summed E-state index contributed by atoms with van der Waals surface area (Å²) in [6, 6.07) is 7.46. The van der Waals surface area contributed by atoms with Crippen LogP contribution in [0.15, 0.2) is 24.3 Å². The highest BCUT2D eigenvalue weighted by Gasteiger charge is 2.30. The van der Waals surface area contributed by atoms with Crippen molar-refractivity contribution in [3.63, 3.8) is 0 Å². The Kier molecular flexibility index (Phi) is 4.97. The third-order valence-corrected chi connectivity index (χ3v) is 4.36. The zero-order chi connectivity index (χ0) is 17.2. The van der Waals surface area contributed by atoms with Crippen LogP contribution >= 0.6 is 0 Å². The number of rotatable bonds is 3. The van der Waals surface area contributed by atoms with Crippen molar-refractivity contribution in [2.45, 2.75) is 51.6 Å². The molecule has 1 saturated heterocycles. The Balaban J connectivity index is 1.92. The largest absolute Gasteiger partial charge is 0.344 e. The molecule has 5 heteroatoms. The standard InChI is InChI=1S/C18H27N3O2/c1-12(13-6-8-14(9-7-13)18(2,3)4)19-17(23)20-15-10-11-21(5)16(15)22/h6-9,12,15H,10-11H2,1-5H3,(H2,19,20,23)/t12-,15+/m0/s1. The molecule has 0 aliphatic carbocycles. The number of carbonyl (C=O) groups excluding carboxylic acids is 2. The van der Waals surface area contributed by atoms with Gasteiger partial charge in [0.2, 0.25) is 5.91 Å². The van der Waals surface area contributed by atoms with E-state index in [1.165, 1.54) is 5.56 Å². The fourth-order valence-corrected chi connectivity index (χ4v) is 2.71. The Hall–Kier alpha value is -2.04. The summed E-state index contributed by atoms with van der Waals surface area (Å²) < 4.78 is 0. The number of nitrogens with zero attached hydrogens (tertiary/aromatic N) is 1. The van der Waals surface area contributed by atoms with Crippen LogP contribution in [0.2, 0.25) is 0 Å². The molecule has 1 aliphatic rings. The molecule has 126 valence electrons. The minimum Gasteiger partial charge on any atom is -0.344 e. The van der Waals surface area contributed by atoms with E-state index in [0.29, 0.717) is 13.0 Å². The lowest BCUT2D eigenvalue weighted by Gasteiger charge is -2.21. The number of carbonyl (C=O) groups is 2. The number of hydrogen-bond donors (Lipinski definition) is 2. The maximum Gasteiger partial charge on any atom is 0.315 e. The van der Waals surface area contributed by atoms with Gasteiger partial charge in [0.05, 0.1) is 6.04 Å². The number of benzene rings is 1. The van der Waals surface area contributed by atoms with E-state index < -0.39 is 6.04 Å². The molecular formula is C18H27N3O2. The first-order valence-electron chi connectivity index (χ1n) is 8.11. The van der Waals surface area contributed by atoms with Crippen molar-refractivity contribution in [1.29, 1.82) is 0 Å². The topological polar surface area (TPSA) is 61.4 Å². The van der Waals surface area contributed by atoms with Gasteiger partial charge in [-0.15, -0.1) is 0 Å². The highest BCUT2D eigenvalue weighted by atomic mass is 16.2. The predicted molar refractivity (Wildman–Crippen MR) is 91.3 cm³/mol. The number of amides is 3. The van der Waals surface area contributed by atoms with Crippen LogP contribution in [0.4, 0.5) is 4.79 Å². The molecule has 5 nitrogen and oxygen atoms in total. The summed E-state index contributed by atoms with van der Waals surface area (Å²) in [6.45, 7) is 9.15. The van der Waals surface area contributed by atoms with Crippen LogP contribution < -0.4 is 10.6 Å². The van der Waals surface area contributed by atoms with Gasteiger partial charge >= 0.3 is 6.03 Å². The van der Waals surface area contributed by atoms with Crippen LogP contribution in [0.25, 0.3) is 0 Å². The molecule has 3 amide bonds. The lowest BCUT2D eigenvalue weighted by Crippen LogP contribution is -2.46. The molecule has 2 rings (SSSR count). The fourth-order valence-electron chi connectivity index (χ4n) is 2.71. The van der Waals surface area contributed by atoms with Crippen LogP contribution in [0.5, 0.6) is 0 Å². The van der Waals surface area contributed by atoms with E-state index in [2.05, 4.69) is 43.5 Å². The first-order chi connectivity index (χ1) is 10.7. The molecule has 0 saturated carbocycles. The smallest absolute Gasteiger partial charge is 0.315 e. The molecule has 0 unspecified atom stereocenters. The maximum absolute atomic E-state index is 12.1. The van der Waals surface area contributed by atoms with Crippen molar-refractivity contribution < 1.29 is 9.59 Å². The van der Waals surface area contributed by atoms with Crippen LogP contribution in [0, 0.1) is 0 Å². The van der Waals surface area contributed by atoms with Crippen LogP contribution in [0.1, 0.15) is 51.3 Å². The van der Waals surface area contributed by atoms with Crippen LogP contribution in [-0.2, 0) is 10.2 Å². The molecule has 23 heavy (non-hydrogen) atoms. The van der Waals surface area contributed by atoms with Gasteiger partial charge in [-0.3, -0.25) is 4.79 Å². The molecule has 1 fully saturated rings. The minimum atomic E-state index is -0.407. The van der Waals surface area contributed by atoms with Crippen molar-refractivity contribution in [2.24, 2.45) is 0 Å². The van der Waals surface area contributed by atoms with Crippen molar-refractivity contribution in [3.8, 4) is 0 Å². The molecule has 2 N–H and O–H groups in total. The summed E-state index contributed by atoms with van der Waals surface area (Å²) in [5.74, 6) is -0.0256.